The third-order valence-corrected chi connectivity index (χ3v) is 1.67. The summed E-state index contributed by atoms with van der Waals surface area (Å²) < 4.78 is 9.90. The van der Waals surface area contributed by atoms with Crippen LogP contribution in [0.1, 0.15) is 19.3 Å². The number of hydrogen-bond donors (Lipinski definition) is 0. The highest BCUT2D eigenvalue weighted by molar-refractivity contribution is 4.86. The Labute approximate surface area is 68.2 Å². The Bertz CT molecular complexity index is 88.6. The SMILES string of the molecule is C1=CCOC1.C1CCOCC1. The molecular formula is C9H16O2. The Hall–Kier alpha value is -0.340. The van der Waals surface area contributed by atoms with Crippen molar-refractivity contribution in [2.24, 2.45) is 0 Å². The molecule has 0 aromatic heterocycles. The van der Waals surface area contributed by atoms with Crippen LogP contribution in [0.4, 0.5) is 0 Å². The van der Waals surface area contributed by atoms with Gasteiger partial charge in [0.15, 0.2) is 0 Å². The zero-order chi connectivity index (χ0) is 7.78. The van der Waals surface area contributed by atoms with E-state index in [4.69, 9.17) is 9.47 Å². The molecule has 2 heteroatoms. The van der Waals surface area contributed by atoms with Crippen LogP contribution in [-0.4, -0.2) is 26.4 Å². The smallest absolute Gasteiger partial charge is 0.0652 e. The molecule has 0 N–H and O–H groups in total. The highest BCUT2D eigenvalue weighted by atomic mass is 16.5. The molecule has 0 saturated carbocycles. The standard InChI is InChI=1S/C5H10O.C4H6O/c1-2-4-6-5-3-1;1-2-4-5-3-1/h1-5H2;1-2H,3-4H2. The largest absolute Gasteiger partial charge is 0.381 e. The van der Waals surface area contributed by atoms with Gasteiger partial charge in [-0.15, -0.1) is 0 Å². The Morgan fingerprint density at radius 3 is 1.55 bits per heavy atom. The van der Waals surface area contributed by atoms with Gasteiger partial charge in [-0.05, 0) is 19.3 Å². The van der Waals surface area contributed by atoms with Crippen molar-refractivity contribution in [3.63, 3.8) is 0 Å². The second-order valence-corrected chi connectivity index (χ2v) is 2.68. The van der Waals surface area contributed by atoms with E-state index in [-0.39, 0.29) is 0 Å². The maximum Gasteiger partial charge on any atom is 0.0652 e. The summed E-state index contributed by atoms with van der Waals surface area (Å²) in [6.07, 6.45) is 7.96. The fourth-order valence-electron chi connectivity index (χ4n) is 1.03. The van der Waals surface area contributed by atoms with Crippen LogP contribution in [0, 0.1) is 0 Å². The first-order chi connectivity index (χ1) is 5.50. The first kappa shape index (κ1) is 8.75. The van der Waals surface area contributed by atoms with E-state index in [9.17, 15) is 0 Å². The molecule has 0 aromatic carbocycles. The highest BCUT2D eigenvalue weighted by Gasteiger charge is 1.95. The van der Waals surface area contributed by atoms with Gasteiger partial charge < -0.3 is 9.47 Å². The van der Waals surface area contributed by atoms with Crippen LogP contribution in [0.15, 0.2) is 12.2 Å². The van der Waals surface area contributed by atoms with Crippen molar-refractivity contribution in [3.05, 3.63) is 12.2 Å². The van der Waals surface area contributed by atoms with Crippen LogP contribution >= 0.6 is 0 Å². The van der Waals surface area contributed by atoms with Gasteiger partial charge in [0, 0.05) is 13.2 Å². The first-order valence-electron chi connectivity index (χ1n) is 4.30. The third kappa shape index (κ3) is 4.99. The summed E-state index contributed by atoms with van der Waals surface area (Å²) in [5.74, 6) is 0. The lowest BCUT2D eigenvalue weighted by molar-refractivity contribution is 0.0968. The average molecular weight is 156 g/mol. The summed E-state index contributed by atoms with van der Waals surface area (Å²) in [7, 11) is 0. The Kier molecular flexibility index (Phi) is 5.07. The van der Waals surface area contributed by atoms with Crippen molar-refractivity contribution in [1.82, 2.24) is 0 Å². The summed E-state index contributed by atoms with van der Waals surface area (Å²) >= 11 is 0. The normalized spacial score (nSPS) is 22.5. The fourth-order valence-corrected chi connectivity index (χ4v) is 1.03. The van der Waals surface area contributed by atoms with E-state index in [1.165, 1.54) is 19.3 Å². The van der Waals surface area contributed by atoms with E-state index in [0.717, 1.165) is 26.4 Å². The van der Waals surface area contributed by atoms with E-state index < -0.39 is 0 Å². The Balaban J connectivity index is 0.000000112. The van der Waals surface area contributed by atoms with E-state index in [0.29, 0.717) is 0 Å². The molecule has 0 unspecified atom stereocenters. The molecule has 2 heterocycles. The molecule has 0 atom stereocenters. The Morgan fingerprint density at radius 1 is 0.727 bits per heavy atom. The predicted molar refractivity (Wildman–Crippen MR) is 44.6 cm³/mol. The quantitative estimate of drug-likeness (QED) is 0.497. The highest BCUT2D eigenvalue weighted by Crippen LogP contribution is 2.02. The van der Waals surface area contributed by atoms with E-state index in [2.05, 4.69) is 0 Å². The molecule has 0 aromatic rings. The first-order valence-corrected chi connectivity index (χ1v) is 4.30. The predicted octanol–water partition coefficient (Wildman–Crippen LogP) is 1.76. The number of rotatable bonds is 0. The molecule has 0 radical (unpaired) electrons. The number of hydrogen-bond acceptors (Lipinski definition) is 2. The van der Waals surface area contributed by atoms with Crippen molar-refractivity contribution in [2.45, 2.75) is 19.3 Å². The van der Waals surface area contributed by atoms with E-state index in [1.54, 1.807) is 0 Å². The molecular weight excluding hydrogens is 140 g/mol. The summed E-state index contributed by atoms with van der Waals surface area (Å²) in [5, 5.41) is 0. The van der Waals surface area contributed by atoms with Gasteiger partial charge in [-0.25, -0.2) is 0 Å². The minimum Gasteiger partial charge on any atom is -0.381 e. The Morgan fingerprint density at radius 2 is 1.36 bits per heavy atom. The van der Waals surface area contributed by atoms with E-state index >= 15 is 0 Å². The molecule has 1 fully saturated rings. The maximum absolute atomic E-state index is 5.07. The summed E-state index contributed by atoms with van der Waals surface area (Å²) in [6.45, 7) is 3.64. The molecule has 2 aliphatic heterocycles. The van der Waals surface area contributed by atoms with Crippen LogP contribution < -0.4 is 0 Å². The van der Waals surface area contributed by atoms with Gasteiger partial charge in [-0.3, -0.25) is 0 Å². The van der Waals surface area contributed by atoms with Gasteiger partial charge in [0.05, 0.1) is 13.2 Å². The molecule has 64 valence electrons. The van der Waals surface area contributed by atoms with Gasteiger partial charge in [-0.1, -0.05) is 12.2 Å². The minimum absolute atomic E-state index is 0.819. The molecule has 0 bridgehead atoms. The van der Waals surface area contributed by atoms with Crippen molar-refractivity contribution >= 4 is 0 Å². The van der Waals surface area contributed by atoms with Crippen LogP contribution in [0.25, 0.3) is 0 Å². The average Bonchev–Trinajstić information content (AvgIpc) is 2.64. The molecule has 0 aliphatic carbocycles. The van der Waals surface area contributed by atoms with Crippen LogP contribution in [-0.2, 0) is 9.47 Å². The minimum atomic E-state index is 0.819. The molecule has 1 saturated heterocycles. The van der Waals surface area contributed by atoms with Gasteiger partial charge in [-0.2, -0.15) is 0 Å². The van der Waals surface area contributed by atoms with Crippen molar-refractivity contribution < 1.29 is 9.47 Å². The van der Waals surface area contributed by atoms with Gasteiger partial charge in [0.25, 0.3) is 0 Å². The van der Waals surface area contributed by atoms with Crippen molar-refractivity contribution in [1.29, 1.82) is 0 Å². The molecule has 2 aliphatic rings. The molecule has 2 rings (SSSR count). The maximum atomic E-state index is 5.07. The van der Waals surface area contributed by atoms with Gasteiger partial charge in [0.2, 0.25) is 0 Å². The molecule has 2 nitrogen and oxygen atoms in total. The summed E-state index contributed by atoms with van der Waals surface area (Å²) in [5.41, 5.74) is 0. The molecule has 0 amide bonds. The van der Waals surface area contributed by atoms with Gasteiger partial charge >= 0.3 is 0 Å². The van der Waals surface area contributed by atoms with Gasteiger partial charge in [0.1, 0.15) is 0 Å². The molecule has 11 heavy (non-hydrogen) atoms. The molecule has 0 spiro atoms. The topological polar surface area (TPSA) is 18.5 Å². The lowest BCUT2D eigenvalue weighted by Gasteiger charge is -2.08. The lowest BCUT2D eigenvalue weighted by Crippen LogP contribution is -2.03. The van der Waals surface area contributed by atoms with Crippen LogP contribution in [0.5, 0.6) is 0 Å². The second-order valence-electron chi connectivity index (χ2n) is 2.68. The van der Waals surface area contributed by atoms with Crippen LogP contribution in [0.3, 0.4) is 0 Å². The summed E-state index contributed by atoms with van der Waals surface area (Å²) in [4.78, 5) is 0. The van der Waals surface area contributed by atoms with Crippen LogP contribution in [0.2, 0.25) is 0 Å². The van der Waals surface area contributed by atoms with Crippen molar-refractivity contribution in [2.75, 3.05) is 26.4 Å². The van der Waals surface area contributed by atoms with Crippen molar-refractivity contribution in [3.8, 4) is 0 Å². The monoisotopic (exact) mass is 156 g/mol. The summed E-state index contributed by atoms with van der Waals surface area (Å²) in [6, 6.07) is 0. The zero-order valence-electron chi connectivity index (χ0n) is 6.92. The zero-order valence-corrected chi connectivity index (χ0v) is 6.92. The second kappa shape index (κ2) is 6.38. The third-order valence-electron chi connectivity index (χ3n) is 1.67. The van der Waals surface area contributed by atoms with E-state index in [1.807, 2.05) is 12.2 Å². The number of ether oxygens (including phenoxy) is 2. The fraction of sp³-hybridized carbons (Fsp3) is 0.778. The lowest BCUT2D eigenvalue weighted by atomic mass is 10.2.